The normalized spacial score (nSPS) is 13.8. The van der Waals surface area contributed by atoms with Gasteiger partial charge in [-0.2, -0.15) is 0 Å². The molecule has 1 aliphatic rings. The number of thiazole rings is 1. The molecule has 0 unspecified atom stereocenters. The number of hydrogen-bond acceptors (Lipinski definition) is 7. The molecule has 1 aliphatic carbocycles. The molecule has 0 spiro atoms. The first-order valence-electron chi connectivity index (χ1n) is 4.62. The van der Waals surface area contributed by atoms with Crippen molar-refractivity contribution in [1.29, 1.82) is 0 Å². The lowest BCUT2D eigenvalue weighted by Gasteiger charge is -2.04. The molecular weight excluding hydrogens is 230 g/mol. The zero-order valence-electron chi connectivity index (χ0n) is 8.04. The Hall–Kier alpha value is -1.80. The quantitative estimate of drug-likeness (QED) is 0.458. The number of hydrogen-bond donors (Lipinski definition) is 2. The maximum absolute atomic E-state index is 8.40. The van der Waals surface area contributed by atoms with Crippen molar-refractivity contribution in [3.8, 4) is 11.4 Å². The van der Waals surface area contributed by atoms with Crippen molar-refractivity contribution in [2.75, 3.05) is 0 Å². The predicted octanol–water partition coefficient (Wildman–Crippen LogP) is 0.930. The van der Waals surface area contributed by atoms with Crippen LogP contribution in [0.2, 0.25) is 0 Å². The monoisotopic (exact) mass is 237 g/mol. The Morgan fingerprint density at radius 1 is 1.38 bits per heavy atom. The molecule has 2 heterocycles. The summed E-state index contributed by atoms with van der Waals surface area (Å²) in [4.78, 5) is 9.36. The number of hydroxylamine groups is 1. The standard InChI is InChI=1S/C8H7N5O2S/c14-10-3-9-8-11-7-5(16-8)2-1-4-6(7)13-15-12-4/h3,14H,1-2H2,(H,9,10,11). The molecule has 0 atom stereocenters. The molecule has 0 fully saturated rings. The van der Waals surface area contributed by atoms with E-state index >= 15 is 0 Å². The summed E-state index contributed by atoms with van der Waals surface area (Å²) in [6.45, 7) is 0. The lowest BCUT2D eigenvalue weighted by Crippen LogP contribution is -2.01. The number of nitrogens with zero attached hydrogens (tertiary/aromatic N) is 4. The first kappa shape index (κ1) is 9.43. The van der Waals surface area contributed by atoms with Gasteiger partial charge >= 0.3 is 0 Å². The van der Waals surface area contributed by atoms with Gasteiger partial charge in [-0.3, -0.25) is 10.7 Å². The third-order valence-electron chi connectivity index (χ3n) is 2.29. The average Bonchev–Trinajstić information content (AvgIpc) is 2.90. The largest absolute Gasteiger partial charge is 0.290 e. The van der Waals surface area contributed by atoms with Gasteiger partial charge in [0, 0.05) is 11.3 Å². The Morgan fingerprint density at radius 2 is 2.31 bits per heavy atom. The number of rotatable bonds is 2. The molecule has 0 aliphatic heterocycles. The first-order valence-corrected chi connectivity index (χ1v) is 5.44. The maximum Gasteiger partial charge on any atom is 0.211 e. The average molecular weight is 237 g/mol. The van der Waals surface area contributed by atoms with Crippen molar-refractivity contribution >= 4 is 22.8 Å². The van der Waals surface area contributed by atoms with Crippen molar-refractivity contribution in [1.82, 2.24) is 20.8 Å². The molecule has 16 heavy (non-hydrogen) atoms. The van der Waals surface area contributed by atoms with Gasteiger partial charge < -0.3 is 0 Å². The lowest BCUT2D eigenvalue weighted by atomic mass is 10.0. The fraction of sp³-hybridized carbons (Fsp3) is 0.250. The number of nitrogens with one attached hydrogen (secondary N) is 1. The van der Waals surface area contributed by atoms with E-state index in [-0.39, 0.29) is 0 Å². The minimum Gasteiger partial charge on any atom is -0.290 e. The summed E-state index contributed by atoms with van der Waals surface area (Å²) < 4.78 is 4.69. The van der Waals surface area contributed by atoms with Crippen LogP contribution >= 0.6 is 11.3 Å². The zero-order valence-corrected chi connectivity index (χ0v) is 8.86. The Bertz CT molecular complexity index is 546. The lowest BCUT2D eigenvalue weighted by molar-refractivity contribution is 0.240. The SMILES string of the molecule is ON/C=N/c1nc2c(s1)CCc1nonc1-2. The van der Waals surface area contributed by atoms with E-state index in [2.05, 4.69) is 24.9 Å². The molecule has 0 saturated carbocycles. The Labute approximate surface area is 93.8 Å². The van der Waals surface area contributed by atoms with Gasteiger partial charge in [-0.1, -0.05) is 16.5 Å². The van der Waals surface area contributed by atoms with E-state index in [1.54, 1.807) is 0 Å². The Kier molecular flexibility index (Phi) is 2.15. The minimum atomic E-state index is 0.572. The summed E-state index contributed by atoms with van der Waals surface area (Å²) in [5.74, 6) is 0. The highest BCUT2D eigenvalue weighted by Crippen LogP contribution is 2.37. The van der Waals surface area contributed by atoms with Gasteiger partial charge in [0.15, 0.2) is 5.69 Å². The third-order valence-corrected chi connectivity index (χ3v) is 3.31. The number of aryl methyl sites for hydroxylation is 2. The van der Waals surface area contributed by atoms with Crippen LogP contribution in [0.25, 0.3) is 11.4 Å². The van der Waals surface area contributed by atoms with Crippen LogP contribution < -0.4 is 5.48 Å². The van der Waals surface area contributed by atoms with Crippen LogP contribution in [0.15, 0.2) is 9.62 Å². The predicted molar refractivity (Wildman–Crippen MR) is 55.9 cm³/mol. The number of fused-ring (bicyclic) bond motifs is 3. The highest BCUT2D eigenvalue weighted by Gasteiger charge is 2.25. The van der Waals surface area contributed by atoms with Gasteiger partial charge in [-0.15, -0.1) is 0 Å². The van der Waals surface area contributed by atoms with E-state index in [4.69, 9.17) is 5.21 Å². The smallest absolute Gasteiger partial charge is 0.211 e. The molecule has 7 nitrogen and oxygen atoms in total. The highest BCUT2D eigenvalue weighted by molar-refractivity contribution is 7.15. The van der Waals surface area contributed by atoms with Gasteiger partial charge in [0.25, 0.3) is 0 Å². The van der Waals surface area contributed by atoms with E-state index in [9.17, 15) is 0 Å². The summed E-state index contributed by atoms with van der Waals surface area (Å²) in [5.41, 5.74) is 4.17. The van der Waals surface area contributed by atoms with E-state index < -0.39 is 0 Å². The first-order chi connectivity index (χ1) is 7.88. The van der Waals surface area contributed by atoms with Crippen molar-refractivity contribution in [2.45, 2.75) is 12.8 Å². The van der Waals surface area contributed by atoms with Gasteiger partial charge in [0.05, 0.1) is 0 Å². The molecule has 8 heteroatoms. The highest BCUT2D eigenvalue weighted by atomic mass is 32.1. The Balaban J connectivity index is 2.05. The van der Waals surface area contributed by atoms with Gasteiger partial charge in [-0.05, 0) is 11.6 Å². The summed E-state index contributed by atoms with van der Waals surface area (Å²) in [5, 5.41) is 16.6. The molecule has 2 aromatic heterocycles. The molecule has 0 radical (unpaired) electrons. The van der Waals surface area contributed by atoms with Crippen LogP contribution in [0.4, 0.5) is 5.13 Å². The van der Waals surface area contributed by atoms with Crippen LogP contribution in [0.3, 0.4) is 0 Å². The van der Waals surface area contributed by atoms with Crippen LogP contribution in [-0.4, -0.2) is 26.8 Å². The van der Waals surface area contributed by atoms with E-state index in [1.165, 1.54) is 17.7 Å². The van der Waals surface area contributed by atoms with Crippen molar-refractivity contribution in [2.24, 2.45) is 4.99 Å². The molecular formula is C8H7N5O2S. The van der Waals surface area contributed by atoms with Crippen molar-refractivity contribution in [3.05, 3.63) is 10.6 Å². The second-order valence-corrected chi connectivity index (χ2v) is 4.28. The fourth-order valence-electron chi connectivity index (χ4n) is 1.62. The van der Waals surface area contributed by atoms with Gasteiger partial charge in [-0.25, -0.2) is 14.6 Å². The minimum absolute atomic E-state index is 0.572. The van der Waals surface area contributed by atoms with Crippen LogP contribution in [-0.2, 0) is 12.8 Å². The Morgan fingerprint density at radius 3 is 3.19 bits per heavy atom. The molecule has 2 N–H and O–H groups in total. The molecule has 0 bridgehead atoms. The maximum atomic E-state index is 8.40. The van der Waals surface area contributed by atoms with E-state index in [0.29, 0.717) is 10.8 Å². The summed E-state index contributed by atoms with van der Waals surface area (Å²) >= 11 is 1.47. The summed E-state index contributed by atoms with van der Waals surface area (Å²) in [7, 11) is 0. The van der Waals surface area contributed by atoms with Gasteiger partial charge in [0.1, 0.15) is 17.7 Å². The van der Waals surface area contributed by atoms with Crippen LogP contribution in [0.1, 0.15) is 10.6 Å². The van der Waals surface area contributed by atoms with Crippen molar-refractivity contribution in [3.63, 3.8) is 0 Å². The number of aromatic nitrogens is 3. The van der Waals surface area contributed by atoms with E-state index in [0.717, 1.165) is 29.1 Å². The second-order valence-electron chi connectivity index (χ2n) is 3.22. The molecule has 0 saturated heterocycles. The molecule has 82 valence electrons. The number of aliphatic imine (C=N–C) groups is 1. The topological polar surface area (TPSA) is 96.4 Å². The molecule has 0 aromatic carbocycles. The summed E-state index contributed by atoms with van der Waals surface area (Å²) in [6, 6.07) is 0. The second kappa shape index (κ2) is 3.65. The fourth-order valence-corrected chi connectivity index (χ4v) is 2.52. The third kappa shape index (κ3) is 1.39. The van der Waals surface area contributed by atoms with Crippen LogP contribution in [0, 0.1) is 0 Å². The molecule has 3 rings (SSSR count). The van der Waals surface area contributed by atoms with Gasteiger partial charge in [0.2, 0.25) is 5.13 Å². The van der Waals surface area contributed by atoms with E-state index in [1.807, 2.05) is 5.48 Å². The zero-order chi connectivity index (χ0) is 11.0. The molecule has 0 amide bonds. The molecule has 2 aromatic rings. The summed E-state index contributed by atoms with van der Waals surface area (Å²) in [6.07, 6.45) is 2.86. The van der Waals surface area contributed by atoms with Crippen molar-refractivity contribution < 1.29 is 9.84 Å². The van der Waals surface area contributed by atoms with Crippen LogP contribution in [0.5, 0.6) is 0 Å².